The average Bonchev–Trinajstić information content (AvgIpc) is 2.48. The summed E-state index contributed by atoms with van der Waals surface area (Å²) in [5, 5.41) is 13.7. The minimum absolute atomic E-state index is 0.0749. The molecule has 0 saturated heterocycles. The Balaban J connectivity index is 2.11. The van der Waals surface area contributed by atoms with Crippen molar-refractivity contribution in [3.8, 4) is 17.4 Å². The van der Waals surface area contributed by atoms with Gasteiger partial charge in [-0.2, -0.15) is 0 Å². The van der Waals surface area contributed by atoms with Gasteiger partial charge in [0.25, 0.3) is 0 Å². The number of phenols is 1. The average molecular weight is 295 g/mol. The Hall–Kier alpha value is -2.14. The number of anilines is 1. The number of nitrogens with zero attached hydrogens (tertiary/aromatic N) is 1. The molecule has 2 N–H and O–H groups in total. The number of methoxy groups -OCH3 is 2. The first kappa shape index (κ1) is 14.3. The molecule has 20 heavy (non-hydrogen) atoms. The third-order valence-corrected chi connectivity index (χ3v) is 2.99. The molecule has 6 heteroatoms. The highest BCUT2D eigenvalue weighted by atomic mass is 35.5. The van der Waals surface area contributed by atoms with Crippen LogP contribution in [0.2, 0.25) is 5.02 Å². The monoisotopic (exact) mass is 294 g/mol. The van der Waals surface area contributed by atoms with Crippen molar-refractivity contribution in [3.05, 3.63) is 41.0 Å². The minimum Gasteiger partial charge on any atom is -0.504 e. The van der Waals surface area contributed by atoms with Gasteiger partial charge in [-0.1, -0.05) is 11.6 Å². The summed E-state index contributed by atoms with van der Waals surface area (Å²) in [7, 11) is 3.04. The number of nitrogens with one attached hydrogen (secondary N) is 1. The molecule has 1 heterocycles. The number of aromatic hydroxyl groups is 1. The second-order valence-corrected chi connectivity index (χ2v) is 4.50. The van der Waals surface area contributed by atoms with Gasteiger partial charge in [-0.25, -0.2) is 4.98 Å². The van der Waals surface area contributed by atoms with Gasteiger partial charge in [-0.05, 0) is 12.1 Å². The van der Waals surface area contributed by atoms with E-state index < -0.39 is 0 Å². The molecule has 1 aromatic carbocycles. The molecule has 0 atom stereocenters. The van der Waals surface area contributed by atoms with Crippen molar-refractivity contribution in [3.63, 3.8) is 0 Å². The van der Waals surface area contributed by atoms with Crippen molar-refractivity contribution in [2.45, 2.75) is 6.54 Å². The maximum atomic E-state index is 10.0. The highest BCUT2D eigenvalue weighted by Gasteiger charge is 2.09. The number of pyridine rings is 1. The quantitative estimate of drug-likeness (QED) is 0.887. The third kappa shape index (κ3) is 3.24. The Labute approximate surface area is 122 Å². The third-order valence-electron chi connectivity index (χ3n) is 2.77. The Kier molecular flexibility index (Phi) is 4.53. The molecule has 106 valence electrons. The summed E-state index contributed by atoms with van der Waals surface area (Å²) in [6.07, 6.45) is 1.65. The fraction of sp³-hybridized carbons (Fsp3) is 0.214. The van der Waals surface area contributed by atoms with Gasteiger partial charge >= 0.3 is 0 Å². The number of phenolic OH excluding ortho intramolecular Hbond substituents is 1. The summed E-state index contributed by atoms with van der Waals surface area (Å²) < 4.78 is 10.0. The fourth-order valence-electron chi connectivity index (χ4n) is 1.72. The maximum Gasteiger partial charge on any atom is 0.213 e. The summed E-state index contributed by atoms with van der Waals surface area (Å²) in [6, 6.07) is 6.84. The summed E-state index contributed by atoms with van der Waals surface area (Å²) in [5.74, 6) is 0.968. The zero-order valence-electron chi connectivity index (χ0n) is 11.2. The molecule has 5 nitrogen and oxygen atoms in total. The molecule has 0 fully saturated rings. The largest absolute Gasteiger partial charge is 0.504 e. The fourth-order valence-corrected chi connectivity index (χ4v) is 1.95. The van der Waals surface area contributed by atoms with Crippen molar-refractivity contribution < 1.29 is 14.6 Å². The van der Waals surface area contributed by atoms with E-state index in [-0.39, 0.29) is 5.75 Å². The molecule has 0 spiro atoms. The number of halogens is 1. The van der Waals surface area contributed by atoms with Crippen molar-refractivity contribution in [2.24, 2.45) is 0 Å². The summed E-state index contributed by atoms with van der Waals surface area (Å²) in [6.45, 7) is 0.400. The van der Waals surface area contributed by atoms with Crippen LogP contribution in [0.5, 0.6) is 17.4 Å². The molecule has 1 aromatic heterocycles. The SMILES string of the molecule is COc1ccc(NCc2cc(Cl)cc(OC)c2O)cn1. The van der Waals surface area contributed by atoms with Crippen LogP contribution in [0, 0.1) is 0 Å². The van der Waals surface area contributed by atoms with Gasteiger partial charge in [-0.15, -0.1) is 0 Å². The van der Waals surface area contributed by atoms with E-state index in [9.17, 15) is 5.11 Å². The van der Waals surface area contributed by atoms with Crippen molar-refractivity contribution in [1.29, 1.82) is 0 Å². The number of hydrogen-bond donors (Lipinski definition) is 2. The molecule has 0 saturated carbocycles. The number of aromatic nitrogens is 1. The number of ether oxygens (including phenoxy) is 2. The van der Waals surface area contributed by atoms with E-state index in [1.54, 1.807) is 31.5 Å². The van der Waals surface area contributed by atoms with Crippen LogP contribution >= 0.6 is 11.6 Å². The maximum absolute atomic E-state index is 10.0. The zero-order valence-corrected chi connectivity index (χ0v) is 11.9. The lowest BCUT2D eigenvalue weighted by atomic mass is 10.2. The van der Waals surface area contributed by atoms with Crippen molar-refractivity contribution in [1.82, 2.24) is 4.98 Å². The number of hydrogen-bond acceptors (Lipinski definition) is 5. The van der Waals surface area contributed by atoms with Gasteiger partial charge < -0.3 is 19.9 Å². The summed E-state index contributed by atoms with van der Waals surface area (Å²) >= 11 is 5.97. The number of rotatable bonds is 5. The first-order chi connectivity index (χ1) is 9.63. The van der Waals surface area contributed by atoms with E-state index in [2.05, 4.69) is 10.3 Å². The van der Waals surface area contributed by atoms with E-state index in [1.807, 2.05) is 6.07 Å². The molecular weight excluding hydrogens is 280 g/mol. The summed E-state index contributed by atoms with van der Waals surface area (Å²) in [5.41, 5.74) is 1.45. The minimum atomic E-state index is 0.0749. The summed E-state index contributed by atoms with van der Waals surface area (Å²) in [4.78, 5) is 4.09. The zero-order chi connectivity index (χ0) is 14.5. The van der Waals surface area contributed by atoms with Crippen LogP contribution in [0.1, 0.15) is 5.56 Å². The molecule has 0 unspecified atom stereocenters. The Bertz CT molecular complexity index is 588. The Morgan fingerprint density at radius 1 is 1.25 bits per heavy atom. The predicted octanol–water partition coefficient (Wildman–Crippen LogP) is 3.07. The lowest BCUT2D eigenvalue weighted by Crippen LogP contribution is -2.01. The second-order valence-electron chi connectivity index (χ2n) is 4.06. The molecule has 0 aliphatic rings. The lowest BCUT2D eigenvalue weighted by molar-refractivity contribution is 0.371. The molecular formula is C14H15ClN2O3. The smallest absolute Gasteiger partial charge is 0.213 e. The van der Waals surface area contributed by atoms with Gasteiger partial charge in [0.2, 0.25) is 5.88 Å². The molecule has 2 aromatic rings. The molecule has 0 aliphatic carbocycles. The molecule has 0 bridgehead atoms. The van der Waals surface area contributed by atoms with Gasteiger partial charge in [0.1, 0.15) is 0 Å². The highest BCUT2D eigenvalue weighted by Crippen LogP contribution is 2.33. The Morgan fingerprint density at radius 3 is 2.65 bits per heavy atom. The standard InChI is InChI=1S/C14H15ClN2O3/c1-19-12-6-10(15)5-9(14(12)18)7-16-11-3-4-13(20-2)17-8-11/h3-6,8,16,18H,7H2,1-2H3. The topological polar surface area (TPSA) is 63.6 Å². The van der Waals surface area contributed by atoms with Gasteiger partial charge in [0.05, 0.1) is 26.1 Å². The highest BCUT2D eigenvalue weighted by molar-refractivity contribution is 6.30. The molecule has 0 amide bonds. The number of benzene rings is 1. The van der Waals surface area contributed by atoms with Crippen LogP contribution in [-0.2, 0) is 6.54 Å². The lowest BCUT2D eigenvalue weighted by Gasteiger charge is -2.11. The van der Waals surface area contributed by atoms with Crippen LogP contribution < -0.4 is 14.8 Å². The molecule has 2 rings (SSSR count). The van der Waals surface area contributed by atoms with E-state index in [0.717, 1.165) is 5.69 Å². The van der Waals surface area contributed by atoms with E-state index in [4.69, 9.17) is 21.1 Å². The molecule has 0 radical (unpaired) electrons. The first-order valence-corrected chi connectivity index (χ1v) is 6.31. The van der Waals surface area contributed by atoms with E-state index in [1.165, 1.54) is 7.11 Å². The molecule has 0 aliphatic heterocycles. The van der Waals surface area contributed by atoms with Crippen LogP contribution in [0.15, 0.2) is 30.5 Å². The van der Waals surface area contributed by atoms with Crippen molar-refractivity contribution >= 4 is 17.3 Å². The van der Waals surface area contributed by atoms with Crippen LogP contribution in [0.25, 0.3) is 0 Å². The first-order valence-electron chi connectivity index (χ1n) is 5.93. The van der Waals surface area contributed by atoms with Crippen LogP contribution in [-0.4, -0.2) is 24.3 Å². The van der Waals surface area contributed by atoms with E-state index in [0.29, 0.717) is 28.8 Å². The van der Waals surface area contributed by atoms with Crippen LogP contribution in [0.4, 0.5) is 5.69 Å². The predicted molar refractivity (Wildman–Crippen MR) is 77.8 cm³/mol. The van der Waals surface area contributed by atoms with Gasteiger partial charge in [-0.3, -0.25) is 0 Å². The van der Waals surface area contributed by atoms with Gasteiger partial charge in [0.15, 0.2) is 11.5 Å². The van der Waals surface area contributed by atoms with E-state index >= 15 is 0 Å². The van der Waals surface area contributed by atoms with Crippen molar-refractivity contribution in [2.75, 3.05) is 19.5 Å². The Morgan fingerprint density at radius 2 is 2.05 bits per heavy atom. The normalized spacial score (nSPS) is 10.2. The second kappa shape index (κ2) is 6.34. The van der Waals surface area contributed by atoms with Crippen LogP contribution in [0.3, 0.4) is 0 Å². The van der Waals surface area contributed by atoms with Gasteiger partial charge in [0, 0.05) is 29.3 Å².